The molecule has 0 amide bonds. The maximum atomic E-state index is 12.4. The quantitative estimate of drug-likeness (QED) is 0.843. The molecule has 0 radical (unpaired) electrons. The number of hydrogen-bond donors (Lipinski definition) is 2. The third-order valence-electron chi connectivity index (χ3n) is 3.79. The van der Waals surface area contributed by atoms with E-state index in [1.165, 1.54) is 0 Å². The SMILES string of the molecule is Cc1nnc(C2CC(S(=O)(=O)NCc3ccccc3Cl)CN2)o1. The minimum Gasteiger partial charge on any atom is -0.424 e. The molecular weight excluding hydrogens is 340 g/mol. The van der Waals surface area contributed by atoms with Gasteiger partial charge in [-0.1, -0.05) is 29.8 Å². The molecule has 0 bridgehead atoms. The van der Waals surface area contributed by atoms with E-state index in [2.05, 4.69) is 20.2 Å². The highest BCUT2D eigenvalue weighted by Crippen LogP contribution is 2.26. The van der Waals surface area contributed by atoms with Crippen LogP contribution in [-0.2, 0) is 16.6 Å². The van der Waals surface area contributed by atoms with Gasteiger partial charge in [-0.3, -0.25) is 0 Å². The number of benzene rings is 1. The lowest BCUT2D eigenvalue weighted by molar-refractivity contribution is 0.413. The highest BCUT2D eigenvalue weighted by molar-refractivity contribution is 7.90. The molecular formula is C14H17ClN4O3S. The van der Waals surface area contributed by atoms with E-state index in [4.69, 9.17) is 16.0 Å². The molecule has 1 saturated heterocycles. The predicted molar refractivity (Wildman–Crippen MR) is 85.4 cm³/mol. The van der Waals surface area contributed by atoms with Crippen molar-refractivity contribution in [1.29, 1.82) is 0 Å². The molecule has 1 aliphatic rings. The van der Waals surface area contributed by atoms with Crippen LogP contribution in [0.15, 0.2) is 28.7 Å². The second kappa shape index (κ2) is 6.56. The Bertz CT molecular complexity index is 793. The molecule has 0 saturated carbocycles. The van der Waals surface area contributed by atoms with Gasteiger partial charge in [0.2, 0.25) is 21.8 Å². The van der Waals surface area contributed by atoms with Crippen molar-refractivity contribution in [2.24, 2.45) is 0 Å². The van der Waals surface area contributed by atoms with Crippen molar-refractivity contribution in [1.82, 2.24) is 20.2 Å². The van der Waals surface area contributed by atoms with Crippen LogP contribution in [0, 0.1) is 6.92 Å². The average molecular weight is 357 g/mol. The molecule has 1 aromatic heterocycles. The number of nitrogens with zero attached hydrogens (tertiary/aromatic N) is 2. The Balaban J connectivity index is 1.63. The fourth-order valence-corrected chi connectivity index (χ4v) is 4.07. The van der Waals surface area contributed by atoms with Crippen LogP contribution in [-0.4, -0.2) is 30.4 Å². The van der Waals surface area contributed by atoms with E-state index in [0.717, 1.165) is 5.56 Å². The Morgan fingerprint density at radius 1 is 1.39 bits per heavy atom. The van der Waals surface area contributed by atoms with Crippen LogP contribution in [0.25, 0.3) is 0 Å². The zero-order valence-corrected chi connectivity index (χ0v) is 14.1. The molecule has 0 aliphatic carbocycles. The highest BCUT2D eigenvalue weighted by atomic mass is 35.5. The molecule has 1 aliphatic heterocycles. The van der Waals surface area contributed by atoms with Gasteiger partial charge in [-0.05, 0) is 18.1 Å². The second-order valence-corrected chi connectivity index (χ2v) is 7.89. The third-order valence-corrected chi connectivity index (χ3v) is 5.94. The van der Waals surface area contributed by atoms with Gasteiger partial charge >= 0.3 is 0 Å². The summed E-state index contributed by atoms with van der Waals surface area (Å²) < 4.78 is 32.8. The van der Waals surface area contributed by atoms with Crippen molar-refractivity contribution in [3.05, 3.63) is 46.6 Å². The van der Waals surface area contributed by atoms with E-state index in [0.29, 0.717) is 29.8 Å². The Labute approximate surface area is 139 Å². The van der Waals surface area contributed by atoms with Crippen molar-refractivity contribution in [3.8, 4) is 0 Å². The van der Waals surface area contributed by atoms with E-state index in [-0.39, 0.29) is 12.6 Å². The maximum Gasteiger partial charge on any atom is 0.233 e. The maximum absolute atomic E-state index is 12.4. The summed E-state index contributed by atoms with van der Waals surface area (Å²) in [6.45, 7) is 2.21. The summed E-state index contributed by atoms with van der Waals surface area (Å²) >= 11 is 6.04. The van der Waals surface area contributed by atoms with Crippen LogP contribution in [0.4, 0.5) is 0 Å². The van der Waals surface area contributed by atoms with Gasteiger partial charge in [-0.15, -0.1) is 10.2 Å². The zero-order valence-electron chi connectivity index (χ0n) is 12.5. The van der Waals surface area contributed by atoms with Crippen LogP contribution >= 0.6 is 11.6 Å². The number of hydrogen-bond acceptors (Lipinski definition) is 6. The van der Waals surface area contributed by atoms with Gasteiger partial charge in [0.25, 0.3) is 0 Å². The summed E-state index contributed by atoms with van der Waals surface area (Å²) in [5, 5.41) is 10.8. The molecule has 2 unspecified atom stereocenters. The summed E-state index contributed by atoms with van der Waals surface area (Å²) in [5.74, 6) is 0.885. The summed E-state index contributed by atoms with van der Waals surface area (Å²) in [5.41, 5.74) is 0.743. The molecule has 124 valence electrons. The largest absolute Gasteiger partial charge is 0.424 e. The fourth-order valence-electron chi connectivity index (χ4n) is 2.52. The number of halogens is 1. The zero-order chi connectivity index (χ0) is 16.4. The smallest absolute Gasteiger partial charge is 0.233 e. The van der Waals surface area contributed by atoms with Crippen molar-refractivity contribution in [3.63, 3.8) is 0 Å². The first-order valence-corrected chi connectivity index (χ1v) is 9.13. The summed E-state index contributed by atoms with van der Waals surface area (Å²) in [7, 11) is -3.47. The van der Waals surface area contributed by atoms with E-state index in [1.54, 1.807) is 25.1 Å². The standard InChI is InChI=1S/C14H17ClN4O3S/c1-9-18-19-14(22-9)13-6-11(8-16-13)23(20,21)17-7-10-4-2-3-5-12(10)15/h2-5,11,13,16-17H,6-8H2,1H3. The lowest BCUT2D eigenvalue weighted by atomic mass is 10.2. The predicted octanol–water partition coefficient (Wildman–Crippen LogP) is 1.55. The molecule has 0 spiro atoms. The molecule has 2 heterocycles. The molecule has 2 N–H and O–H groups in total. The normalized spacial score (nSPS) is 21.7. The lowest BCUT2D eigenvalue weighted by Crippen LogP contribution is -2.35. The molecule has 1 fully saturated rings. The highest BCUT2D eigenvalue weighted by Gasteiger charge is 2.36. The molecule has 3 rings (SSSR count). The molecule has 9 heteroatoms. The van der Waals surface area contributed by atoms with E-state index >= 15 is 0 Å². The number of sulfonamides is 1. The molecule has 23 heavy (non-hydrogen) atoms. The Hall–Kier alpha value is -1.48. The van der Waals surface area contributed by atoms with Gasteiger partial charge in [0.1, 0.15) is 0 Å². The fraction of sp³-hybridized carbons (Fsp3) is 0.429. The Morgan fingerprint density at radius 3 is 2.87 bits per heavy atom. The average Bonchev–Trinajstić information content (AvgIpc) is 3.15. The Kier molecular flexibility index (Phi) is 4.67. The van der Waals surface area contributed by atoms with Gasteiger partial charge in [-0.25, -0.2) is 13.1 Å². The number of aromatic nitrogens is 2. The van der Waals surface area contributed by atoms with E-state index in [9.17, 15) is 8.42 Å². The van der Waals surface area contributed by atoms with Crippen molar-refractivity contribution in [2.45, 2.75) is 31.2 Å². The van der Waals surface area contributed by atoms with Gasteiger partial charge in [0.15, 0.2) is 0 Å². The third kappa shape index (κ3) is 3.72. The van der Waals surface area contributed by atoms with Crippen molar-refractivity contribution < 1.29 is 12.8 Å². The number of aryl methyl sites for hydroxylation is 1. The summed E-state index contributed by atoms with van der Waals surface area (Å²) in [6.07, 6.45) is 0.388. The molecule has 2 aromatic rings. The monoisotopic (exact) mass is 356 g/mol. The first-order valence-electron chi connectivity index (χ1n) is 7.21. The molecule has 1 aromatic carbocycles. The topological polar surface area (TPSA) is 97.1 Å². The minimum atomic E-state index is -3.47. The van der Waals surface area contributed by atoms with Gasteiger partial charge in [0, 0.05) is 25.0 Å². The molecule has 2 atom stereocenters. The molecule has 7 nitrogen and oxygen atoms in total. The van der Waals surface area contributed by atoms with Crippen molar-refractivity contribution in [2.75, 3.05) is 6.54 Å². The second-order valence-electron chi connectivity index (χ2n) is 5.44. The minimum absolute atomic E-state index is 0.169. The van der Waals surface area contributed by atoms with Crippen LogP contribution < -0.4 is 10.0 Å². The van der Waals surface area contributed by atoms with Crippen LogP contribution in [0.2, 0.25) is 5.02 Å². The lowest BCUT2D eigenvalue weighted by Gasteiger charge is -2.12. The van der Waals surface area contributed by atoms with Crippen molar-refractivity contribution >= 4 is 21.6 Å². The van der Waals surface area contributed by atoms with E-state index in [1.807, 2.05) is 6.07 Å². The summed E-state index contributed by atoms with van der Waals surface area (Å²) in [6, 6.07) is 6.91. The van der Waals surface area contributed by atoms with Gasteiger partial charge < -0.3 is 9.73 Å². The van der Waals surface area contributed by atoms with Crippen LogP contribution in [0.1, 0.15) is 29.8 Å². The van der Waals surface area contributed by atoms with Crippen LogP contribution in [0.5, 0.6) is 0 Å². The van der Waals surface area contributed by atoms with E-state index < -0.39 is 15.3 Å². The van der Waals surface area contributed by atoms with Gasteiger partial charge in [0.05, 0.1) is 11.3 Å². The first kappa shape index (κ1) is 16.4. The Morgan fingerprint density at radius 2 is 2.17 bits per heavy atom. The summed E-state index contributed by atoms with van der Waals surface area (Å²) in [4.78, 5) is 0. The first-order chi connectivity index (χ1) is 11.0. The van der Waals surface area contributed by atoms with Gasteiger partial charge in [-0.2, -0.15) is 0 Å². The number of nitrogens with one attached hydrogen (secondary N) is 2. The number of rotatable bonds is 5. The van der Waals surface area contributed by atoms with Crippen LogP contribution in [0.3, 0.4) is 0 Å².